The smallest absolute Gasteiger partial charge is 0.256 e. The lowest BCUT2D eigenvalue weighted by atomic mass is 10.1. The fourth-order valence-electron chi connectivity index (χ4n) is 2.87. The molecule has 0 fully saturated rings. The van der Waals surface area contributed by atoms with Crippen molar-refractivity contribution in [1.82, 2.24) is 4.98 Å². The fraction of sp³-hybridized carbons (Fsp3) is 0. The third-order valence-electron chi connectivity index (χ3n) is 4.22. The van der Waals surface area contributed by atoms with Crippen LogP contribution in [0.5, 0.6) is 0 Å². The van der Waals surface area contributed by atoms with Gasteiger partial charge in [0.25, 0.3) is 5.91 Å². The summed E-state index contributed by atoms with van der Waals surface area (Å²) in [5, 5.41) is 11.8. The Morgan fingerprint density at radius 3 is 2.57 bits per heavy atom. The molecular formula is C23H15N3O2. The van der Waals surface area contributed by atoms with Crippen LogP contribution in [-0.4, -0.2) is 10.9 Å². The SMILES string of the molecule is N#Cc1cccc(NC(=O)c2ccccc2-c2ncc(-c3ccccc3)o2)c1. The number of rotatable bonds is 4. The maximum absolute atomic E-state index is 12.8. The van der Waals surface area contributed by atoms with Gasteiger partial charge < -0.3 is 9.73 Å². The number of nitrogens with one attached hydrogen (secondary N) is 1. The Bertz CT molecular complexity index is 1170. The number of nitriles is 1. The van der Waals surface area contributed by atoms with Gasteiger partial charge in [-0.3, -0.25) is 4.79 Å². The Kier molecular flexibility index (Phi) is 4.68. The molecule has 134 valence electrons. The quantitative estimate of drug-likeness (QED) is 0.543. The molecule has 5 heteroatoms. The summed E-state index contributed by atoms with van der Waals surface area (Å²) in [7, 11) is 0. The summed E-state index contributed by atoms with van der Waals surface area (Å²) < 4.78 is 5.90. The van der Waals surface area contributed by atoms with Crippen LogP contribution < -0.4 is 5.32 Å². The van der Waals surface area contributed by atoms with Crippen LogP contribution in [0.25, 0.3) is 22.8 Å². The summed E-state index contributed by atoms with van der Waals surface area (Å²) in [5.41, 5.74) is 2.98. The van der Waals surface area contributed by atoms with Crippen LogP contribution in [0.15, 0.2) is 89.5 Å². The second-order valence-corrected chi connectivity index (χ2v) is 6.09. The molecule has 1 N–H and O–H groups in total. The number of amides is 1. The molecule has 0 unspecified atom stereocenters. The number of aromatic nitrogens is 1. The Morgan fingerprint density at radius 2 is 1.75 bits per heavy atom. The highest BCUT2D eigenvalue weighted by atomic mass is 16.4. The third-order valence-corrected chi connectivity index (χ3v) is 4.22. The highest BCUT2D eigenvalue weighted by Gasteiger charge is 2.17. The summed E-state index contributed by atoms with van der Waals surface area (Å²) in [6, 6.07) is 25.6. The van der Waals surface area contributed by atoms with Gasteiger partial charge in [-0.25, -0.2) is 4.98 Å². The topological polar surface area (TPSA) is 78.9 Å². The van der Waals surface area contributed by atoms with Crippen molar-refractivity contribution in [2.24, 2.45) is 0 Å². The summed E-state index contributed by atoms with van der Waals surface area (Å²) in [4.78, 5) is 17.2. The van der Waals surface area contributed by atoms with E-state index < -0.39 is 0 Å². The lowest BCUT2D eigenvalue weighted by Gasteiger charge is -2.08. The average Bonchev–Trinajstić information content (AvgIpc) is 3.25. The lowest BCUT2D eigenvalue weighted by Crippen LogP contribution is -2.13. The first-order valence-electron chi connectivity index (χ1n) is 8.67. The van der Waals surface area contributed by atoms with Crippen LogP contribution in [0.1, 0.15) is 15.9 Å². The van der Waals surface area contributed by atoms with Gasteiger partial charge in [0.2, 0.25) is 5.89 Å². The van der Waals surface area contributed by atoms with Crippen molar-refractivity contribution >= 4 is 11.6 Å². The van der Waals surface area contributed by atoms with E-state index in [1.807, 2.05) is 36.4 Å². The first-order valence-corrected chi connectivity index (χ1v) is 8.67. The molecule has 1 aromatic heterocycles. The van der Waals surface area contributed by atoms with Gasteiger partial charge >= 0.3 is 0 Å². The number of carbonyl (C=O) groups excluding carboxylic acids is 1. The first kappa shape index (κ1) is 17.3. The van der Waals surface area contributed by atoms with Crippen molar-refractivity contribution in [2.45, 2.75) is 0 Å². The third kappa shape index (κ3) is 3.53. The van der Waals surface area contributed by atoms with Crippen LogP contribution in [-0.2, 0) is 0 Å². The van der Waals surface area contributed by atoms with Crippen molar-refractivity contribution < 1.29 is 9.21 Å². The molecule has 0 spiro atoms. The highest BCUT2D eigenvalue weighted by molar-refractivity contribution is 6.08. The monoisotopic (exact) mass is 365 g/mol. The van der Waals surface area contributed by atoms with E-state index in [2.05, 4.69) is 16.4 Å². The fourth-order valence-corrected chi connectivity index (χ4v) is 2.87. The minimum absolute atomic E-state index is 0.301. The summed E-state index contributed by atoms with van der Waals surface area (Å²) >= 11 is 0. The van der Waals surface area contributed by atoms with E-state index in [-0.39, 0.29) is 5.91 Å². The molecule has 5 nitrogen and oxygen atoms in total. The molecule has 4 aromatic rings. The van der Waals surface area contributed by atoms with Gasteiger partial charge in [-0.15, -0.1) is 0 Å². The minimum atomic E-state index is -0.301. The van der Waals surface area contributed by atoms with Gasteiger partial charge in [0, 0.05) is 16.8 Å². The Labute approximate surface area is 161 Å². The van der Waals surface area contributed by atoms with Crippen LogP contribution in [0.4, 0.5) is 5.69 Å². The zero-order valence-electron chi connectivity index (χ0n) is 14.8. The molecule has 0 atom stereocenters. The first-order chi connectivity index (χ1) is 13.7. The molecule has 1 amide bonds. The van der Waals surface area contributed by atoms with E-state index in [4.69, 9.17) is 9.68 Å². The molecule has 0 aliphatic heterocycles. The van der Waals surface area contributed by atoms with Crippen LogP contribution in [0.3, 0.4) is 0 Å². The molecule has 0 saturated heterocycles. The zero-order chi connectivity index (χ0) is 19.3. The van der Waals surface area contributed by atoms with E-state index in [0.29, 0.717) is 34.0 Å². The summed E-state index contributed by atoms with van der Waals surface area (Å²) in [5.74, 6) is 0.702. The van der Waals surface area contributed by atoms with Crippen molar-refractivity contribution in [2.75, 3.05) is 5.32 Å². The van der Waals surface area contributed by atoms with Gasteiger partial charge in [-0.05, 0) is 30.3 Å². The predicted octanol–water partition coefficient (Wildman–Crippen LogP) is 5.13. The van der Waals surface area contributed by atoms with Crippen LogP contribution >= 0.6 is 0 Å². The van der Waals surface area contributed by atoms with Crippen LogP contribution in [0.2, 0.25) is 0 Å². The second-order valence-electron chi connectivity index (χ2n) is 6.09. The predicted molar refractivity (Wildman–Crippen MR) is 106 cm³/mol. The van der Waals surface area contributed by atoms with Gasteiger partial charge in [0.1, 0.15) is 0 Å². The number of anilines is 1. The molecule has 0 aliphatic carbocycles. The largest absolute Gasteiger partial charge is 0.436 e. The number of benzene rings is 3. The summed E-state index contributed by atoms with van der Waals surface area (Å²) in [6.45, 7) is 0. The van der Waals surface area contributed by atoms with Crippen molar-refractivity contribution in [3.8, 4) is 28.8 Å². The molecule has 28 heavy (non-hydrogen) atoms. The number of oxazole rings is 1. The molecule has 1 heterocycles. The number of nitrogens with zero attached hydrogens (tertiary/aromatic N) is 2. The normalized spacial score (nSPS) is 10.2. The molecule has 3 aromatic carbocycles. The molecule has 0 bridgehead atoms. The van der Waals surface area contributed by atoms with Gasteiger partial charge in [-0.2, -0.15) is 5.26 Å². The minimum Gasteiger partial charge on any atom is -0.436 e. The van der Waals surface area contributed by atoms with Gasteiger partial charge in [-0.1, -0.05) is 48.5 Å². The molecule has 0 saturated carbocycles. The van der Waals surface area contributed by atoms with Gasteiger partial charge in [0.15, 0.2) is 5.76 Å². The number of carbonyl (C=O) groups is 1. The van der Waals surface area contributed by atoms with Crippen molar-refractivity contribution in [3.05, 3.63) is 96.2 Å². The molecule has 4 rings (SSSR count). The standard InChI is InChI=1S/C23H15N3O2/c24-14-16-7-6-10-18(13-16)26-22(27)19-11-4-5-12-20(19)23-25-15-21(28-23)17-8-2-1-3-9-17/h1-13,15H,(H,26,27). The zero-order valence-corrected chi connectivity index (χ0v) is 14.8. The van der Waals surface area contributed by atoms with E-state index >= 15 is 0 Å². The maximum atomic E-state index is 12.8. The van der Waals surface area contributed by atoms with E-state index in [9.17, 15) is 4.79 Å². The number of hydrogen-bond acceptors (Lipinski definition) is 4. The lowest BCUT2D eigenvalue weighted by molar-refractivity contribution is 0.102. The van der Waals surface area contributed by atoms with Gasteiger partial charge in [0.05, 0.1) is 23.4 Å². The van der Waals surface area contributed by atoms with Crippen molar-refractivity contribution in [3.63, 3.8) is 0 Å². The van der Waals surface area contributed by atoms with Crippen molar-refractivity contribution in [1.29, 1.82) is 5.26 Å². The van der Waals surface area contributed by atoms with Crippen LogP contribution in [0, 0.1) is 11.3 Å². The van der Waals surface area contributed by atoms with E-state index in [0.717, 1.165) is 5.56 Å². The summed E-state index contributed by atoms with van der Waals surface area (Å²) in [6.07, 6.45) is 1.65. The average molecular weight is 365 g/mol. The maximum Gasteiger partial charge on any atom is 0.256 e. The second kappa shape index (κ2) is 7.60. The Balaban J connectivity index is 1.65. The molecule has 0 aliphatic rings. The van der Waals surface area contributed by atoms with E-state index in [1.165, 1.54) is 0 Å². The molecular weight excluding hydrogens is 350 g/mol. The number of hydrogen-bond donors (Lipinski definition) is 1. The Hall–Kier alpha value is -4.17. The molecule has 0 radical (unpaired) electrons. The van der Waals surface area contributed by atoms with E-state index in [1.54, 1.807) is 48.7 Å². The Morgan fingerprint density at radius 1 is 0.964 bits per heavy atom. The highest BCUT2D eigenvalue weighted by Crippen LogP contribution is 2.28.